The van der Waals surface area contributed by atoms with Crippen LogP contribution < -0.4 is 0 Å². The molecule has 0 aliphatic heterocycles. The van der Waals surface area contributed by atoms with Gasteiger partial charge in [-0.1, -0.05) is 146 Å². The largest absolute Gasteiger partial charge is 0.307 e. The Morgan fingerprint density at radius 1 is 0.500 bits per heavy atom. The summed E-state index contributed by atoms with van der Waals surface area (Å²) in [6, 6.07) is 61.7. The topological polar surface area (TPSA) is 48.5 Å². The Morgan fingerprint density at radius 2 is 1.10 bits per heavy atom. The molecule has 4 aromatic heterocycles. The van der Waals surface area contributed by atoms with Crippen molar-refractivity contribution in [1.82, 2.24) is 24.1 Å². The lowest BCUT2D eigenvalue weighted by Crippen LogP contribution is -2.09. The Labute approximate surface area is 339 Å². The van der Waals surface area contributed by atoms with Crippen molar-refractivity contribution in [3.05, 3.63) is 194 Å². The normalized spacial score (nSPS) is 11.6. The van der Waals surface area contributed by atoms with E-state index in [0.29, 0.717) is 17.6 Å². The zero-order chi connectivity index (χ0) is 38.7. The van der Waals surface area contributed by atoms with Crippen molar-refractivity contribution >= 4 is 59.4 Å². The summed E-state index contributed by atoms with van der Waals surface area (Å²) in [6.07, 6.45) is 1.99. The number of benzene rings is 7. The SMILES string of the molecule is C=Cc1c(-c2c(C)c3ccccc3n2-c2nc(-c3cccc(-c4ccccc4)c3)nc(-c3cccc4c3sc3ccccc34)n2)n(-c2ccccc2)c2ccccc12. The second-order valence-electron chi connectivity index (χ2n) is 14.5. The highest BCUT2D eigenvalue weighted by atomic mass is 32.1. The molecule has 11 rings (SSSR count). The number of aryl methyl sites for hydroxylation is 1. The van der Waals surface area contributed by atoms with Crippen LogP contribution in [0.2, 0.25) is 0 Å². The van der Waals surface area contributed by atoms with E-state index in [1.54, 1.807) is 11.3 Å². The molecule has 0 aliphatic carbocycles. The summed E-state index contributed by atoms with van der Waals surface area (Å²) >= 11 is 1.78. The van der Waals surface area contributed by atoms with Crippen molar-refractivity contribution in [3.8, 4) is 56.9 Å². The van der Waals surface area contributed by atoms with Gasteiger partial charge in [0.15, 0.2) is 11.6 Å². The molecule has 0 fully saturated rings. The van der Waals surface area contributed by atoms with Crippen molar-refractivity contribution in [2.75, 3.05) is 0 Å². The van der Waals surface area contributed by atoms with Gasteiger partial charge >= 0.3 is 0 Å². The zero-order valence-electron chi connectivity index (χ0n) is 31.7. The molecule has 5 nitrogen and oxygen atoms in total. The van der Waals surface area contributed by atoms with Crippen molar-refractivity contribution in [1.29, 1.82) is 0 Å². The summed E-state index contributed by atoms with van der Waals surface area (Å²) < 4.78 is 6.98. The molecule has 274 valence electrons. The number of nitrogens with zero attached hydrogens (tertiary/aromatic N) is 5. The molecule has 0 atom stereocenters. The third-order valence-corrected chi connectivity index (χ3v) is 12.4. The van der Waals surface area contributed by atoms with E-state index in [1.165, 1.54) is 15.5 Å². The van der Waals surface area contributed by atoms with Gasteiger partial charge in [-0.05, 0) is 66.1 Å². The smallest absolute Gasteiger partial charge is 0.238 e. The third-order valence-electron chi connectivity index (χ3n) is 11.2. The van der Waals surface area contributed by atoms with E-state index in [1.807, 2.05) is 12.1 Å². The van der Waals surface area contributed by atoms with Crippen LogP contribution in [-0.2, 0) is 0 Å². The summed E-state index contributed by atoms with van der Waals surface area (Å²) in [5, 5.41) is 4.67. The van der Waals surface area contributed by atoms with Crippen molar-refractivity contribution in [2.45, 2.75) is 6.92 Å². The van der Waals surface area contributed by atoms with E-state index in [0.717, 1.165) is 77.0 Å². The minimum Gasteiger partial charge on any atom is -0.307 e. The number of hydrogen-bond acceptors (Lipinski definition) is 4. The van der Waals surface area contributed by atoms with Gasteiger partial charge in [0.25, 0.3) is 0 Å². The Hall–Kier alpha value is -7.41. The fourth-order valence-electron chi connectivity index (χ4n) is 8.55. The lowest BCUT2D eigenvalue weighted by Gasteiger charge is -2.17. The summed E-state index contributed by atoms with van der Waals surface area (Å²) in [4.78, 5) is 16.2. The van der Waals surface area contributed by atoms with Crippen LogP contribution in [0.1, 0.15) is 11.1 Å². The Bertz CT molecular complexity index is 3370. The third kappa shape index (κ3) is 5.34. The lowest BCUT2D eigenvalue weighted by atomic mass is 10.0. The first-order valence-electron chi connectivity index (χ1n) is 19.4. The molecule has 0 saturated carbocycles. The van der Waals surface area contributed by atoms with Crippen molar-refractivity contribution in [2.24, 2.45) is 0 Å². The first kappa shape index (κ1) is 33.9. The Morgan fingerprint density at radius 3 is 1.90 bits per heavy atom. The van der Waals surface area contributed by atoms with Crippen LogP contribution in [0.5, 0.6) is 0 Å². The standard InChI is InChI=1S/C52H35N5S/c1-3-38-40-25-11-14-30-45(40)56(37-22-8-5-9-23-37)48(38)47-33(2)39-24-10-13-29-44(39)57(47)52-54-50(36-21-16-20-35(32-36)34-18-6-4-7-19-34)53-51(55-52)43-28-17-27-42-41-26-12-15-31-46(41)58-49(42)43/h3-32H,1H2,2H3. The number of aromatic nitrogens is 5. The molecule has 0 bridgehead atoms. The maximum absolute atomic E-state index is 5.47. The second kappa shape index (κ2) is 13.7. The van der Waals surface area contributed by atoms with Crippen LogP contribution in [0, 0.1) is 6.92 Å². The van der Waals surface area contributed by atoms with Crippen LogP contribution in [0.3, 0.4) is 0 Å². The van der Waals surface area contributed by atoms with E-state index < -0.39 is 0 Å². The van der Waals surface area contributed by atoms with Crippen LogP contribution in [0.15, 0.2) is 183 Å². The molecule has 0 aliphatic rings. The van der Waals surface area contributed by atoms with Crippen molar-refractivity contribution < 1.29 is 0 Å². The number of thiophene rings is 1. The average Bonchev–Trinajstić information content (AvgIpc) is 3.94. The van der Waals surface area contributed by atoms with Crippen LogP contribution in [-0.4, -0.2) is 24.1 Å². The van der Waals surface area contributed by atoms with E-state index >= 15 is 0 Å². The molecule has 0 amide bonds. The molecule has 7 aromatic carbocycles. The molecule has 6 heteroatoms. The molecular formula is C52H35N5S. The highest BCUT2D eigenvalue weighted by molar-refractivity contribution is 7.26. The number of hydrogen-bond donors (Lipinski definition) is 0. The molecule has 0 radical (unpaired) electrons. The zero-order valence-corrected chi connectivity index (χ0v) is 32.5. The summed E-state index contributed by atoms with van der Waals surface area (Å²) in [6.45, 7) is 6.59. The summed E-state index contributed by atoms with van der Waals surface area (Å²) in [5.41, 5.74) is 11.5. The predicted molar refractivity (Wildman–Crippen MR) is 243 cm³/mol. The van der Waals surface area contributed by atoms with Gasteiger partial charge < -0.3 is 4.57 Å². The maximum atomic E-state index is 5.47. The second-order valence-corrected chi connectivity index (χ2v) is 15.5. The number of rotatable bonds is 7. The first-order valence-corrected chi connectivity index (χ1v) is 20.2. The Kier molecular flexibility index (Phi) is 7.98. The molecule has 4 heterocycles. The fraction of sp³-hybridized carbons (Fsp3) is 0.0192. The molecule has 0 N–H and O–H groups in total. The average molecular weight is 762 g/mol. The molecular weight excluding hydrogens is 727 g/mol. The summed E-state index contributed by atoms with van der Waals surface area (Å²) in [7, 11) is 0. The quantitative estimate of drug-likeness (QED) is 0.162. The molecule has 0 unspecified atom stereocenters. The first-order chi connectivity index (χ1) is 28.7. The number of fused-ring (bicyclic) bond motifs is 5. The van der Waals surface area contributed by atoms with Gasteiger partial charge in [0.2, 0.25) is 5.95 Å². The minimum absolute atomic E-state index is 0.544. The fourth-order valence-corrected chi connectivity index (χ4v) is 9.76. The molecule has 58 heavy (non-hydrogen) atoms. The minimum atomic E-state index is 0.544. The van der Waals surface area contributed by atoms with Gasteiger partial charge in [-0.3, -0.25) is 4.57 Å². The molecule has 11 aromatic rings. The summed E-state index contributed by atoms with van der Waals surface area (Å²) in [5.74, 6) is 1.77. The highest BCUT2D eigenvalue weighted by Gasteiger charge is 2.27. The van der Waals surface area contributed by atoms with E-state index in [4.69, 9.17) is 15.0 Å². The van der Waals surface area contributed by atoms with E-state index in [9.17, 15) is 0 Å². The van der Waals surface area contributed by atoms with Gasteiger partial charge in [0.1, 0.15) is 0 Å². The predicted octanol–water partition coefficient (Wildman–Crippen LogP) is 13.7. The van der Waals surface area contributed by atoms with Crippen LogP contribution in [0.4, 0.5) is 0 Å². The van der Waals surface area contributed by atoms with E-state index in [2.05, 4.69) is 192 Å². The van der Waals surface area contributed by atoms with Gasteiger partial charge in [-0.2, -0.15) is 9.97 Å². The van der Waals surface area contributed by atoms with Gasteiger partial charge in [-0.25, -0.2) is 4.98 Å². The van der Waals surface area contributed by atoms with Gasteiger partial charge in [0.05, 0.1) is 22.4 Å². The number of para-hydroxylation sites is 3. The Balaban J connectivity index is 1.25. The maximum Gasteiger partial charge on any atom is 0.238 e. The highest BCUT2D eigenvalue weighted by Crippen LogP contribution is 2.44. The van der Waals surface area contributed by atoms with Gasteiger partial charge in [0, 0.05) is 53.3 Å². The molecule has 0 saturated heterocycles. The monoisotopic (exact) mass is 761 g/mol. The van der Waals surface area contributed by atoms with Crippen LogP contribution in [0.25, 0.3) is 105 Å². The lowest BCUT2D eigenvalue weighted by molar-refractivity contribution is 0.929. The van der Waals surface area contributed by atoms with Crippen molar-refractivity contribution in [3.63, 3.8) is 0 Å². The molecule has 0 spiro atoms. The van der Waals surface area contributed by atoms with E-state index in [-0.39, 0.29) is 0 Å². The van der Waals surface area contributed by atoms with Crippen LogP contribution >= 0.6 is 11.3 Å². The van der Waals surface area contributed by atoms with Gasteiger partial charge in [-0.15, -0.1) is 11.3 Å².